The van der Waals surface area contributed by atoms with Gasteiger partial charge in [-0.2, -0.15) is 0 Å². The molecular formula is C51H31N3S2. The van der Waals surface area contributed by atoms with E-state index in [4.69, 9.17) is 9.97 Å². The first kappa shape index (κ1) is 32.6. The van der Waals surface area contributed by atoms with Gasteiger partial charge in [-0.05, 0) is 101 Å². The van der Waals surface area contributed by atoms with Crippen molar-refractivity contribution in [2.24, 2.45) is 0 Å². The van der Waals surface area contributed by atoms with Crippen molar-refractivity contribution in [2.45, 2.75) is 0 Å². The van der Waals surface area contributed by atoms with Gasteiger partial charge in [0.2, 0.25) is 0 Å². The summed E-state index contributed by atoms with van der Waals surface area (Å²) in [6, 6.07) is 65.0. The van der Waals surface area contributed by atoms with Crippen molar-refractivity contribution in [1.29, 1.82) is 0 Å². The Kier molecular flexibility index (Phi) is 7.87. The minimum atomic E-state index is 0.686. The van der Waals surface area contributed by atoms with Crippen LogP contribution in [0.2, 0.25) is 0 Å². The molecule has 11 rings (SSSR count). The summed E-state index contributed by atoms with van der Waals surface area (Å²) in [5.41, 5.74) is 11.3. The van der Waals surface area contributed by atoms with Crippen LogP contribution in [0.5, 0.6) is 0 Å². The molecule has 0 unspecified atom stereocenters. The van der Waals surface area contributed by atoms with E-state index in [1.165, 1.54) is 51.5 Å². The first-order valence-corrected chi connectivity index (χ1v) is 20.3. The normalized spacial score (nSPS) is 11.6. The van der Waals surface area contributed by atoms with Crippen molar-refractivity contribution in [1.82, 2.24) is 15.0 Å². The first-order chi connectivity index (χ1) is 27.7. The molecule has 0 saturated carbocycles. The second-order valence-corrected chi connectivity index (χ2v) is 16.2. The first-order valence-electron chi connectivity index (χ1n) is 18.7. The molecule has 5 heteroatoms. The minimum Gasteiger partial charge on any atom is -0.256 e. The van der Waals surface area contributed by atoms with Gasteiger partial charge in [0.25, 0.3) is 0 Å². The average molecular weight is 750 g/mol. The Hall–Kier alpha value is -6.79. The Morgan fingerprint density at radius 2 is 0.786 bits per heavy atom. The number of rotatable bonds is 6. The van der Waals surface area contributed by atoms with Crippen LogP contribution in [-0.2, 0) is 0 Å². The molecule has 4 aromatic heterocycles. The smallest absolute Gasteiger partial charge is 0.160 e. The quantitative estimate of drug-likeness (QED) is 0.170. The third kappa shape index (κ3) is 5.86. The number of aromatic nitrogens is 3. The fourth-order valence-electron chi connectivity index (χ4n) is 7.75. The molecule has 0 radical (unpaired) electrons. The van der Waals surface area contributed by atoms with Crippen LogP contribution in [0.15, 0.2) is 188 Å². The van der Waals surface area contributed by atoms with Gasteiger partial charge < -0.3 is 0 Å². The summed E-state index contributed by atoms with van der Waals surface area (Å²) >= 11 is 3.69. The summed E-state index contributed by atoms with van der Waals surface area (Å²) in [5, 5.41) is 5.15. The highest BCUT2D eigenvalue weighted by atomic mass is 32.1. The van der Waals surface area contributed by atoms with Crippen LogP contribution in [-0.4, -0.2) is 15.0 Å². The predicted molar refractivity (Wildman–Crippen MR) is 238 cm³/mol. The summed E-state index contributed by atoms with van der Waals surface area (Å²) in [7, 11) is 0. The van der Waals surface area contributed by atoms with Gasteiger partial charge in [-0.1, -0.05) is 103 Å². The second-order valence-electron chi connectivity index (χ2n) is 14.0. The fourth-order valence-corrected chi connectivity index (χ4v) is 9.92. The number of thiophene rings is 2. The van der Waals surface area contributed by atoms with E-state index < -0.39 is 0 Å². The number of hydrogen-bond donors (Lipinski definition) is 0. The molecule has 0 N–H and O–H groups in total. The van der Waals surface area contributed by atoms with Crippen LogP contribution in [0.1, 0.15) is 0 Å². The molecule has 0 aliphatic rings. The summed E-state index contributed by atoms with van der Waals surface area (Å²) in [4.78, 5) is 15.1. The molecule has 0 saturated heterocycles. The van der Waals surface area contributed by atoms with E-state index in [0.29, 0.717) is 5.82 Å². The molecule has 0 spiro atoms. The van der Waals surface area contributed by atoms with E-state index in [0.717, 1.165) is 50.5 Å². The largest absolute Gasteiger partial charge is 0.256 e. The van der Waals surface area contributed by atoms with E-state index in [2.05, 4.69) is 151 Å². The van der Waals surface area contributed by atoms with Crippen LogP contribution in [0.3, 0.4) is 0 Å². The monoisotopic (exact) mass is 749 g/mol. The van der Waals surface area contributed by atoms with E-state index in [1.54, 1.807) is 0 Å². The molecular weight excluding hydrogens is 719 g/mol. The summed E-state index contributed by atoms with van der Waals surface area (Å²) in [6.45, 7) is 0. The molecule has 0 amide bonds. The molecule has 4 heterocycles. The van der Waals surface area contributed by atoms with E-state index in [9.17, 15) is 0 Å². The average Bonchev–Trinajstić information content (AvgIpc) is 3.84. The standard InChI is InChI=1S/C51H31N3S2/c1-2-11-32(12-3-1)51-53-45(36-14-10-13-35(25-36)44-17-8-9-24-52-44)31-46(54-51)39-27-37(33-20-22-49-42(29-33)40-15-4-6-18-47(40)55-49)26-38(28-39)34-21-23-50-43(30-34)41-16-5-7-19-48(41)56-50/h1-31H. The maximum Gasteiger partial charge on any atom is 0.160 e. The maximum atomic E-state index is 5.29. The van der Waals surface area contributed by atoms with E-state index in [-0.39, 0.29) is 0 Å². The van der Waals surface area contributed by atoms with Gasteiger partial charge in [0.15, 0.2) is 5.82 Å². The van der Waals surface area contributed by atoms with Gasteiger partial charge in [-0.25, -0.2) is 9.97 Å². The Morgan fingerprint density at radius 1 is 0.286 bits per heavy atom. The van der Waals surface area contributed by atoms with Crippen LogP contribution >= 0.6 is 22.7 Å². The van der Waals surface area contributed by atoms with Crippen molar-refractivity contribution in [2.75, 3.05) is 0 Å². The van der Waals surface area contributed by atoms with Gasteiger partial charge in [0.1, 0.15) is 0 Å². The molecule has 262 valence electrons. The van der Waals surface area contributed by atoms with Crippen molar-refractivity contribution >= 4 is 63.0 Å². The molecule has 11 aromatic rings. The SMILES string of the molecule is c1ccc(-c2nc(-c3cc(-c4ccc5sc6ccccc6c5c4)cc(-c4ccc5sc6ccccc6c5c4)c3)cc(-c3cccc(-c4ccccn4)c3)n2)cc1. The summed E-state index contributed by atoms with van der Waals surface area (Å²) in [5.74, 6) is 0.686. The number of pyridine rings is 1. The molecule has 0 bridgehead atoms. The third-order valence-corrected chi connectivity index (χ3v) is 12.8. The van der Waals surface area contributed by atoms with Gasteiger partial charge in [-0.3, -0.25) is 4.98 Å². The number of benzene rings is 7. The van der Waals surface area contributed by atoms with Crippen LogP contribution in [0.4, 0.5) is 0 Å². The number of hydrogen-bond acceptors (Lipinski definition) is 5. The highest BCUT2D eigenvalue weighted by Crippen LogP contribution is 2.41. The van der Waals surface area contributed by atoms with Crippen molar-refractivity contribution in [3.8, 4) is 67.4 Å². The zero-order valence-corrected chi connectivity index (χ0v) is 31.7. The Morgan fingerprint density at radius 3 is 1.41 bits per heavy atom. The molecule has 0 atom stereocenters. The predicted octanol–water partition coefficient (Wildman–Crippen LogP) is 14.6. The van der Waals surface area contributed by atoms with Gasteiger partial charge >= 0.3 is 0 Å². The molecule has 3 nitrogen and oxygen atoms in total. The molecule has 7 aromatic carbocycles. The Bertz CT molecular complexity index is 3120. The highest BCUT2D eigenvalue weighted by Gasteiger charge is 2.16. The van der Waals surface area contributed by atoms with Crippen LogP contribution in [0.25, 0.3) is 108 Å². The molecule has 0 aliphatic heterocycles. The third-order valence-electron chi connectivity index (χ3n) is 10.5. The lowest BCUT2D eigenvalue weighted by Gasteiger charge is -2.14. The Balaban J connectivity index is 1.13. The lowest BCUT2D eigenvalue weighted by molar-refractivity contribution is 1.18. The summed E-state index contributed by atoms with van der Waals surface area (Å²) in [6.07, 6.45) is 1.83. The fraction of sp³-hybridized carbons (Fsp3) is 0. The van der Waals surface area contributed by atoms with Gasteiger partial charge in [-0.15, -0.1) is 22.7 Å². The molecule has 0 aliphatic carbocycles. The van der Waals surface area contributed by atoms with Crippen molar-refractivity contribution in [3.63, 3.8) is 0 Å². The van der Waals surface area contributed by atoms with Gasteiger partial charge in [0, 0.05) is 68.8 Å². The zero-order valence-electron chi connectivity index (χ0n) is 30.1. The maximum absolute atomic E-state index is 5.29. The van der Waals surface area contributed by atoms with E-state index in [1.807, 2.05) is 65.3 Å². The number of fused-ring (bicyclic) bond motifs is 6. The van der Waals surface area contributed by atoms with Crippen molar-refractivity contribution in [3.05, 3.63) is 188 Å². The topological polar surface area (TPSA) is 38.7 Å². The van der Waals surface area contributed by atoms with Gasteiger partial charge in [0.05, 0.1) is 17.1 Å². The highest BCUT2D eigenvalue weighted by molar-refractivity contribution is 7.26. The van der Waals surface area contributed by atoms with Crippen LogP contribution < -0.4 is 0 Å². The summed E-state index contributed by atoms with van der Waals surface area (Å²) < 4.78 is 5.20. The van der Waals surface area contributed by atoms with Crippen LogP contribution in [0, 0.1) is 0 Å². The van der Waals surface area contributed by atoms with E-state index >= 15 is 0 Å². The number of nitrogens with zero attached hydrogens (tertiary/aromatic N) is 3. The second kappa shape index (κ2) is 13.5. The molecule has 56 heavy (non-hydrogen) atoms. The Labute approximate surface area is 331 Å². The lowest BCUT2D eigenvalue weighted by atomic mass is 9.93. The molecule has 0 fully saturated rings. The lowest BCUT2D eigenvalue weighted by Crippen LogP contribution is -1.97. The minimum absolute atomic E-state index is 0.686. The van der Waals surface area contributed by atoms with Crippen molar-refractivity contribution < 1.29 is 0 Å². The zero-order chi connectivity index (χ0) is 37.0.